The summed E-state index contributed by atoms with van der Waals surface area (Å²) < 4.78 is 48.3. The summed E-state index contributed by atoms with van der Waals surface area (Å²) in [6, 6.07) is 6.23. The van der Waals surface area contributed by atoms with Crippen molar-refractivity contribution in [1.29, 1.82) is 0 Å². The molecule has 0 unspecified atom stereocenters. The zero-order valence-corrected chi connectivity index (χ0v) is 16.5. The largest absolute Gasteiger partial charge is 0.418 e. The van der Waals surface area contributed by atoms with E-state index in [2.05, 4.69) is 19.6 Å². The number of ether oxygens (including phenoxy) is 1. The highest BCUT2D eigenvalue weighted by Crippen LogP contribution is 2.44. The smallest absolute Gasteiger partial charge is 0.390 e. The molecule has 2 aromatic rings. The highest BCUT2D eigenvalue weighted by molar-refractivity contribution is 6.76. The van der Waals surface area contributed by atoms with Crippen LogP contribution in [0.4, 0.5) is 13.2 Å². The maximum atomic E-state index is 13.7. The first kappa shape index (κ1) is 19.4. The normalized spacial score (nSPS) is 15.8. The third kappa shape index (κ3) is 4.15. The van der Waals surface area contributed by atoms with E-state index >= 15 is 0 Å². The molecule has 7 heteroatoms. The number of aliphatic hydroxyl groups excluding tert-OH is 1. The number of benzene rings is 1. The van der Waals surface area contributed by atoms with Crippen molar-refractivity contribution >= 4 is 19.0 Å². The fourth-order valence-electron chi connectivity index (χ4n) is 3.26. The van der Waals surface area contributed by atoms with Gasteiger partial charge in [-0.3, -0.25) is 0 Å². The molecule has 144 valence electrons. The maximum Gasteiger partial charge on any atom is 0.418 e. The molecule has 1 heterocycles. The van der Waals surface area contributed by atoms with Crippen LogP contribution in [-0.4, -0.2) is 24.4 Å². The van der Waals surface area contributed by atoms with Crippen LogP contribution in [-0.2, 0) is 24.3 Å². The van der Waals surface area contributed by atoms with Gasteiger partial charge in [0.25, 0.3) is 0 Å². The Morgan fingerprint density at radius 2 is 1.92 bits per heavy atom. The molecule has 1 aliphatic rings. The van der Waals surface area contributed by atoms with Crippen molar-refractivity contribution in [2.45, 2.75) is 64.0 Å². The van der Waals surface area contributed by atoms with Crippen LogP contribution in [0.2, 0.25) is 25.7 Å². The summed E-state index contributed by atoms with van der Waals surface area (Å²) in [5.41, 5.74) is 0.572. The molecule has 0 radical (unpaired) electrons. The first-order valence-electron chi connectivity index (χ1n) is 9.02. The molecule has 3 nitrogen and oxygen atoms in total. The molecule has 0 amide bonds. The molecule has 1 fully saturated rings. The summed E-state index contributed by atoms with van der Waals surface area (Å²) in [5, 5.41) is 9.84. The predicted octanol–water partition coefficient (Wildman–Crippen LogP) is 5.34. The molecule has 0 spiro atoms. The van der Waals surface area contributed by atoms with Crippen LogP contribution in [0.3, 0.4) is 0 Å². The molecule has 1 saturated carbocycles. The van der Waals surface area contributed by atoms with E-state index in [-0.39, 0.29) is 17.8 Å². The number of hydrogen-bond donors (Lipinski definition) is 1. The fourth-order valence-corrected chi connectivity index (χ4v) is 4.01. The number of rotatable bonds is 7. The van der Waals surface area contributed by atoms with Crippen molar-refractivity contribution in [3.05, 3.63) is 35.0 Å². The highest BCUT2D eigenvalue weighted by Gasteiger charge is 2.39. The summed E-state index contributed by atoms with van der Waals surface area (Å²) in [4.78, 5) is 0. The first-order chi connectivity index (χ1) is 12.1. The summed E-state index contributed by atoms with van der Waals surface area (Å²) in [5.74, 6) is 0.370. The summed E-state index contributed by atoms with van der Waals surface area (Å²) >= 11 is 0. The minimum atomic E-state index is -4.51. The van der Waals surface area contributed by atoms with Gasteiger partial charge in [0.1, 0.15) is 6.73 Å². The molecular formula is C19H26F3NO2Si. The van der Waals surface area contributed by atoms with E-state index in [0.717, 1.165) is 24.4 Å². The van der Waals surface area contributed by atoms with Crippen LogP contribution >= 0.6 is 0 Å². The lowest BCUT2D eigenvalue weighted by Crippen LogP contribution is -2.22. The van der Waals surface area contributed by atoms with Gasteiger partial charge in [0, 0.05) is 20.1 Å². The lowest BCUT2D eigenvalue weighted by atomic mass is 10.0. The number of fused-ring (bicyclic) bond motifs is 1. The van der Waals surface area contributed by atoms with E-state index in [0.29, 0.717) is 18.0 Å². The minimum Gasteiger partial charge on any atom is -0.390 e. The molecule has 0 bridgehead atoms. The number of aliphatic hydroxyl groups is 1. The van der Waals surface area contributed by atoms with E-state index in [4.69, 9.17) is 4.74 Å². The summed E-state index contributed by atoms with van der Waals surface area (Å²) in [7, 11) is -1.27. The molecule has 0 atom stereocenters. The van der Waals surface area contributed by atoms with Gasteiger partial charge in [0.2, 0.25) is 0 Å². The molecule has 26 heavy (non-hydrogen) atoms. The SMILES string of the molecule is C[Si](C)(C)CCOCn1c(CO)c(C(F)(F)F)c2cc(C3CC3)ccc21. The standard InChI is InChI=1S/C19H26F3NO2Si/c1-26(2,3)9-8-25-12-23-16-7-6-14(13-4-5-13)10-15(16)18(17(23)11-24)19(20,21)22/h6-7,10,13,24H,4-5,8-9,11-12H2,1-3H3. The Bertz CT molecular complexity index is 789. The molecule has 1 aliphatic carbocycles. The van der Waals surface area contributed by atoms with Crippen LogP contribution in [0.5, 0.6) is 0 Å². The maximum absolute atomic E-state index is 13.7. The topological polar surface area (TPSA) is 34.4 Å². The van der Waals surface area contributed by atoms with Gasteiger partial charge < -0.3 is 14.4 Å². The van der Waals surface area contributed by atoms with E-state index in [1.54, 1.807) is 12.1 Å². The van der Waals surface area contributed by atoms with E-state index in [9.17, 15) is 18.3 Å². The van der Waals surface area contributed by atoms with E-state index < -0.39 is 26.4 Å². The van der Waals surface area contributed by atoms with Crippen molar-refractivity contribution in [1.82, 2.24) is 4.57 Å². The Hall–Kier alpha value is -1.31. The molecule has 3 rings (SSSR count). The van der Waals surface area contributed by atoms with Crippen LogP contribution in [0.25, 0.3) is 10.9 Å². The zero-order valence-electron chi connectivity index (χ0n) is 15.5. The second kappa shape index (κ2) is 7.02. The van der Waals surface area contributed by atoms with Gasteiger partial charge in [-0.15, -0.1) is 0 Å². The fraction of sp³-hybridized carbons (Fsp3) is 0.579. The van der Waals surface area contributed by atoms with Crippen LogP contribution < -0.4 is 0 Å². The molecule has 1 aromatic carbocycles. The number of hydrogen-bond acceptors (Lipinski definition) is 2. The Balaban J connectivity index is 1.98. The van der Waals surface area contributed by atoms with Gasteiger partial charge in [-0.05, 0) is 42.5 Å². The third-order valence-electron chi connectivity index (χ3n) is 4.89. The quantitative estimate of drug-likeness (QED) is 0.515. The second-order valence-corrected chi connectivity index (χ2v) is 13.9. The lowest BCUT2D eigenvalue weighted by Gasteiger charge is -2.17. The molecule has 0 saturated heterocycles. The lowest BCUT2D eigenvalue weighted by molar-refractivity contribution is -0.137. The average Bonchev–Trinajstić information content (AvgIpc) is 3.31. The Morgan fingerprint density at radius 3 is 2.46 bits per heavy atom. The van der Waals surface area contributed by atoms with Gasteiger partial charge in [-0.25, -0.2) is 0 Å². The van der Waals surface area contributed by atoms with Crippen molar-refractivity contribution in [2.24, 2.45) is 0 Å². The van der Waals surface area contributed by atoms with Crippen LogP contribution in [0.1, 0.15) is 35.6 Å². The average molecular weight is 386 g/mol. The minimum absolute atomic E-state index is 0.0235. The van der Waals surface area contributed by atoms with Gasteiger partial charge in [0.05, 0.1) is 23.4 Å². The van der Waals surface area contributed by atoms with Gasteiger partial charge in [-0.1, -0.05) is 25.7 Å². The Kier molecular flexibility index (Phi) is 5.25. The molecule has 1 aromatic heterocycles. The van der Waals surface area contributed by atoms with Crippen molar-refractivity contribution in [3.8, 4) is 0 Å². The number of aromatic nitrogens is 1. The summed E-state index contributed by atoms with van der Waals surface area (Å²) in [6.45, 7) is 6.54. The first-order valence-corrected chi connectivity index (χ1v) is 12.7. The van der Waals surface area contributed by atoms with E-state index in [1.807, 2.05) is 6.07 Å². The highest BCUT2D eigenvalue weighted by atomic mass is 28.3. The summed E-state index contributed by atoms with van der Waals surface area (Å²) in [6.07, 6.45) is -2.46. The third-order valence-corrected chi connectivity index (χ3v) is 6.60. The monoisotopic (exact) mass is 385 g/mol. The van der Waals surface area contributed by atoms with E-state index in [1.165, 1.54) is 4.57 Å². The number of nitrogens with zero attached hydrogens (tertiary/aromatic N) is 1. The Morgan fingerprint density at radius 1 is 1.23 bits per heavy atom. The molecular weight excluding hydrogens is 359 g/mol. The number of alkyl halides is 3. The van der Waals surface area contributed by atoms with Crippen LogP contribution in [0, 0.1) is 0 Å². The Labute approximate surface area is 152 Å². The van der Waals surface area contributed by atoms with Crippen molar-refractivity contribution < 1.29 is 23.0 Å². The van der Waals surface area contributed by atoms with Crippen molar-refractivity contribution in [2.75, 3.05) is 6.61 Å². The van der Waals surface area contributed by atoms with Crippen LogP contribution in [0.15, 0.2) is 18.2 Å². The molecule has 1 N–H and O–H groups in total. The van der Waals surface area contributed by atoms with Crippen molar-refractivity contribution in [3.63, 3.8) is 0 Å². The predicted molar refractivity (Wildman–Crippen MR) is 98.9 cm³/mol. The van der Waals surface area contributed by atoms with Gasteiger partial charge >= 0.3 is 6.18 Å². The van der Waals surface area contributed by atoms with Gasteiger partial charge in [0.15, 0.2) is 0 Å². The van der Waals surface area contributed by atoms with Gasteiger partial charge in [-0.2, -0.15) is 13.2 Å². The number of halogens is 3. The second-order valence-electron chi connectivity index (χ2n) is 8.30. The zero-order chi connectivity index (χ0) is 19.1. The molecule has 0 aliphatic heterocycles.